The van der Waals surface area contributed by atoms with Gasteiger partial charge in [0, 0.05) is 11.8 Å². The maximum Gasteiger partial charge on any atom is 0.147 e. The molecule has 2 aliphatic carbocycles. The van der Waals surface area contributed by atoms with Gasteiger partial charge in [-0.1, -0.05) is 51.0 Å². The molecule has 4 atom stereocenters. The van der Waals surface area contributed by atoms with E-state index in [-0.39, 0.29) is 11.8 Å². The molecule has 124 valence electrons. The summed E-state index contributed by atoms with van der Waals surface area (Å²) in [6.45, 7) is 8.96. The Kier molecular flexibility index (Phi) is 6.47. The van der Waals surface area contributed by atoms with Crippen molar-refractivity contribution < 1.29 is 4.79 Å². The van der Waals surface area contributed by atoms with Crippen molar-refractivity contribution in [3.8, 4) is 0 Å². The number of ketones is 1. The van der Waals surface area contributed by atoms with Crippen molar-refractivity contribution in [2.24, 2.45) is 23.7 Å². The number of rotatable bonds is 6. The molecule has 0 saturated heterocycles. The monoisotopic (exact) mass is 302 g/mol. The highest BCUT2D eigenvalue weighted by Gasteiger charge is 2.34. The molecular weight excluding hydrogens is 268 g/mol. The maximum atomic E-state index is 13.2. The van der Waals surface area contributed by atoms with E-state index in [9.17, 15) is 4.79 Å². The minimum absolute atomic E-state index is 0.214. The van der Waals surface area contributed by atoms with E-state index in [0.29, 0.717) is 17.6 Å². The van der Waals surface area contributed by atoms with E-state index in [1.807, 2.05) is 0 Å². The Bertz CT molecular complexity index is 403. The van der Waals surface area contributed by atoms with Crippen LogP contribution in [0.2, 0.25) is 0 Å². The van der Waals surface area contributed by atoms with Gasteiger partial charge < -0.3 is 0 Å². The molecule has 0 aromatic rings. The summed E-state index contributed by atoms with van der Waals surface area (Å²) in [5.74, 6) is 2.37. The zero-order chi connectivity index (χ0) is 16.1. The quantitative estimate of drug-likeness (QED) is 0.542. The predicted octanol–water partition coefficient (Wildman–Crippen LogP) is 6.10. The molecule has 4 unspecified atom stereocenters. The lowest BCUT2D eigenvalue weighted by Gasteiger charge is -2.33. The van der Waals surface area contributed by atoms with E-state index < -0.39 is 0 Å². The lowest BCUT2D eigenvalue weighted by molar-refractivity contribution is -0.125. The lowest BCUT2D eigenvalue weighted by atomic mass is 9.70. The van der Waals surface area contributed by atoms with E-state index in [4.69, 9.17) is 0 Å². The SMILES string of the molecule is CCC1=CC(CC)CCC1C(=O)C1CCC(CC)C=C1CC. The van der Waals surface area contributed by atoms with Crippen molar-refractivity contribution in [1.82, 2.24) is 0 Å². The minimum atomic E-state index is 0.214. The van der Waals surface area contributed by atoms with Crippen molar-refractivity contribution in [3.63, 3.8) is 0 Å². The molecule has 0 radical (unpaired) electrons. The Morgan fingerprint density at radius 1 is 0.818 bits per heavy atom. The van der Waals surface area contributed by atoms with Crippen LogP contribution < -0.4 is 0 Å². The zero-order valence-corrected chi connectivity index (χ0v) is 15.0. The number of carbonyl (C=O) groups excluding carboxylic acids is 1. The summed E-state index contributed by atoms with van der Waals surface area (Å²) < 4.78 is 0. The van der Waals surface area contributed by atoms with E-state index in [2.05, 4.69) is 39.8 Å². The lowest BCUT2D eigenvalue weighted by Crippen LogP contribution is -2.31. The number of Topliss-reactive ketones (excluding diaryl/α,β-unsaturated/α-hetero) is 1. The summed E-state index contributed by atoms with van der Waals surface area (Å²) in [6, 6.07) is 0. The van der Waals surface area contributed by atoms with Crippen molar-refractivity contribution in [2.45, 2.75) is 79.1 Å². The van der Waals surface area contributed by atoms with E-state index in [1.54, 1.807) is 0 Å². The highest BCUT2D eigenvalue weighted by atomic mass is 16.1. The Morgan fingerprint density at radius 3 is 1.55 bits per heavy atom. The van der Waals surface area contributed by atoms with Crippen molar-refractivity contribution >= 4 is 5.78 Å². The van der Waals surface area contributed by atoms with E-state index >= 15 is 0 Å². The molecule has 2 aliphatic rings. The Balaban J connectivity index is 2.17. The van der Waals surface area contributed by atoms with E-state index in [0.717, 1.165) is 25.7 Å². The molecule has 0 aliphatic heterocycles. The van der Waals surface area contributed by atoms with E-state index in [1.165, 1.54) is 36.8 Å². The second kappa shape index (κ2) is 8.13. The fourth-order valence-electron chi connectivity index (χ4n) is 4.40. The van der Waals surface area contributed by atoms with Gasteiger partial charge in [0.05, 0.1) is 0 Å². The molecule has 0 bridgehead atoms. The Labute approximate surface area is 137 Å². The number of hydrogen-bond donors (Lipinski definition) is 0. The number of hydrogen-bond acceptors (Lipinski definition) is 1. The smallest absolute Gasteiger partial charge is 0.147 e. The first kappa shape index (κ1) is 17.5. The van der Waals surface area contributed by atoms with Gasteiger partial charge in [0.2, 0.25) is 0 Å². The summed E-state index contributed by atoms with van der Waals surface area (Å²) in [4.78, 5) is 13.2. The molecule has 1 nitrogen and oxygen atoms in total. The zero-order valence-electron chi connectivity index (χ0n) is 15.0. The first-order valence-electron chi connectivity index (χ1n) is 9.59. The van der Waals surface area contributed by atoms with Crippen LogP contribution in [-0.2, 0) is 4.79 Å². The summed E-state index contributed by atoms with van der Waals surface area (Å²) >= 11 is 0. The molecule has 2 rings (SSSR count). The fourth-order valence-corrected chi connectivity index (χ4v) is 4.40. The largest absolute Gasteiger partial charge is 0.298 e. The van der Waals surface area contributed by atoms with Crippen LogP contribution in [0.25, 0.3) is 0 Å². The second-order valence-electron chi connectivity index (χ2n) is 7.19. The van der Waals surface area contributed by atoms with Crippen LogP contribution in [0.4, 0.5) is 0 Å². The normalized spacial score (nSPS) is 32.4. The minimum Gasteiger partial charge on any atom is -0.298 e. The van der Waals surface area contributed by atoms with Gasteiger partial charge in [-0.3, -0.25) is 4.79 Å². The second-order valence-corrected chi connectivity index (χ2v) is 7.19. The Morgan fingerprint density at radius 2 is 1.23 bits per heavy atom. The van der Waals surface area contributed by atoms with Crippen LogP contribution in [0.5, 0.6) is 0 Å². The van der Waals surface area contributed by atoms with Crippen LogP contribution in [0.3, 0.4) is 0 Å². The molecule has 0 saturated carbocycles. The van der Waals surface area contributed by atoms with Gasteiger partial charge in [-0.25, -0.2) is 0 Å². The highest BCUT2D eigenvalue weighted by Crippen LogP contribution is 2.39. The molecule has 1 heteroatoms. The molecule has 0 heterocycles. The molecule has 22 heavy (non-hydrogen) atoms. The maximum absolute atomic E-state index is 13.2. The molecule has 0 aromatic carbocycles. The third-order valence-corrected chi connectivity index (χ3v) is 6.00. The summed E-state index contributed by atoms with van der Waals surface area (Å²) in [6.07, 6.45) is 13.9. The third kappa shape index (κ3) is 3.73. The summed E-state index contributed by atoms with van der Waals surface area (Å²) in [7, 11) is 0. The average molecular weight is 303 g/mol. The number of carbonyl (C=O) groups is 1. The van der Waals surface area contributed by atoms with Gasteiger partial charge in [-0.15, -0.1) is 0 Å². The number of allylic oxidation sites excluding steroid dienone is 4. The first-order valence-corrected chi connectivity index (χ1v) is 9.59. The molecule has 0 aromatic heterocycles. The molecule has 0 spiro atoms. The molecule has 0 fully saturated rings. The third-order valence-electron chi connectivity index (χ3n) is 6.00. The van der Waals surface area contributed by atoms with Gasteiger partial charge >= 0.3 is 0 Å². The molecule has 0 amide bonds. The van der Waals surface area contributed by atoms with Crippen molar-refractivity contribution in [2.75, 3.05) is 0 Å². The topological polar surface area (TPSA) is 17.1 Å². The summed E-state index contributed by atoms with van der Waals surface area (Å²) in [5.41, 5.74) is 2.85. The van der Waals surface area contributed by atoms with Crippen LogP contribution in [-0.4, -0.2) is 5.78 Å². The fraction of sp³-hybridized carbons (Fsp3) is 0.762. The van der Waals surface area contributed by atoms with Gasteiger partial charge in [-0.2, -0.15) is 0 Å². The Hall–Kier alpha value is -0.850. The van der Waals surface area contributed by atoms with Gasteiger partial charge in [-0.05, 0) is 63.2 Å². The predicted molar refractivity (Wildman–Crippen MR) is 94.8 cm³/mol. The van der Waals surface area contributed by atoms with Crippen LogP contribution in [0.1, 0.15) is 79.1 Å². The van der Waals surface area contributed by atoms with Crippen LogP contribution >= 0.6 is 0 Å². The molecule has 0 N–H and O–H groups in total. The van der Waals surface area contributed by atoms with Gasteiger partial charge in [0.1, 0.15) is 5.78 Å². The van der Waals surface area contributed by atoms with Crippen LogP contribution in [0.15, 0.2) is 23.3 Å². The van der Waals surface area contributed by atoms with Crippen molar-refractivity contribution in [1.29, 1.82) is 0 Å². The molecular formula is C21H34O. The van der Waals surface area contributed by atoms with Gasteiger partial charge in [0.15, 0.2) is 0 Å². The first-order chi connectivity index (χ1) is 10.6. The highest BCUT2D eigenvalue weighted by molar-refractivity contribution is 5.88. The average Bonchev–Trinajstić information content (AvgIpc) is 2.59. The van der Waals surface area contributed by atoms with Crippen LogP contribution in [0, 0.1) is 23.7 Å². The van der Waals surface area contributed by atoms with Crippen molar-refractivity contribution in [3.05, 3.63) is 23.3 Å². The summed E-state index contributed by atoms with van der Waals surface area (Å²) in [5, 5.41) is 0. The standard InChI is InChI=1S/C21H34O/c1-5-15-9-11-19(17(7-3)13-15)21(22)20-12-10-16(6-2)14-18(20)8-4/h13-16,19-20H,5-12H2,1-4H3. The van der Waals surface area contributed by atoms with Gasteiger partial charge in [0.25, 0.3) is 0 Å².